The Balaban J connectivity index is 1.36. The van der Waals surface area contributed by atoms with E-state index in [2.05, 4.69) is 9.88 Å². The van der Waals surface area contributed by atoms with Gasteiger partial charge in [-0.3, -0.25) is 0 Å². The first-order valence-corrected chi connectivity index (χ1v) is 8.41. The van der Waals surface area contributed by atoms with E-state index in [0.29, 0.717) is 5.58 Å². The molecule has 4 rings (SSSR count). The highest BCUT2D eigenvalue weighted by Gasteiger charge is 2.30. The van der Waals surface area contributed by atoms with Gasteiger partial charge in [0.05, 0.1) is 5.56 Å². The highest BCUT2D eigenvalue weighted by atomic mass is 19.4. The number of ether oxygens (including phenoxy) is 1. The molecule has 0 spiro atoms. The van der Waals surface area contributed by atoms with Crippen molar-refractivity contribution in [2.24, 2.45) is 0 Å². The fourth-order valence-electron chi connectivity index (χ4n) is 3.19. The number of hydrogen-bond donors (Lipinski definition) is 0. The Morgan fingerprint density at radius 1 is 1.04 bits per heavy atom. The minimum Gasteiger partial charge on any atom is -0.490 e. The predicted octanol–water partition coefficient (Wildman–Crippen LogP) is 4.89. The van der Waals surface area contributed by atoms with Gasteiger partial charge in [-0.25, -0.2) is 4.98 Å². The van der Waals surface area contributed by atoms with E-state index in [9.17, 15) is 13.2 Å². The molecule has 1 saturated heterocycles. The van der Waals surface area contributed by atoms with Gasteiger partial charge in [0.25, 0.3) is 0 Å². The molecule has 1 aliphatic rings. The first-order chi connectivity index (χ1) is 12.5. The molecule has 4 nitrogen and oxygen atoms in total. The van der Waals surface area contributed by atoms with Crippen molar-refractivity contribution >= 4 is 16.8 Å². The molecule has 1 aromatic heterocycles. The average molecular weight is 362 g/mol. The van der Waals surface area contributed by atoms with Crippen molar-refractivity contribution in [2.45, 2.75) is 25.1 Å². The molecule has 0 amide bonds. The molecule has 26 heavy (non-hydrogen) atoms. The van der Waals surface area contributed by atoms with Crippen LogP contribution in [0, 0.1) is 0 Å². The highest BCUT2D eigenvalue weighted by molar-refractivity contribution is 5.73. The summed E-state index contributed by atoms with van der Waals surface area (Å²) in [5.74, 6) is 0.738. The van der Waals surface area contributed by atoms with Crippen LogP contribution in [0.2, 0.25) is 0 Å². The van der Waals surface area contributed by atoms with E-state index in [1.54, 1.807) is 0 Å². The van der Waals surface area contributed by atoms with E-state index in [0.717, 1.165) is 55.0 Å². The third-order valence-corrected chi connectivity index (χ3v) is 4.61. The summed E-state index contributed by atoms with van der Waals surface area (Å²) in [6.45, 7) is 1.47. The largest absolute Gasteiger partial charge is 0.490 e. The molecule has 136 valence electrons. The SMILES string of the molecule is FC(F)(F)c1ccc(N2CCC(Oc3ccc4ncoc4c3)CC2)cc1. The van der Waals surface area contributed by atoms with Gasteiger partial charge in [-0.15, -0.1) is 0 Å². The van der Waals surface area contributed by atoms with Crippen LogP contribution in [0.1, 0.15) is 18.4 Å². The summed E-state index contributed by atoms with van der Waals surface area (Å²) in [5, 5.41) is 0. The van der Waals surface area contributed by atoms with Crippen LogP contribution in [0.3, 0.4) is 0 Å². The maximum atomic E-state index is 12.7. The Kier molecular flexibility index (Phi) is 4.22. The molecule has 7 heteroatoms. The fourth-order valence-corrected chi connectivity index (χ4v) is 3.19. The molecule has 1 aliphatic heterocycles. The Bertz CT molecular complexity index is 882. The topological polar surface area (TPSA) is 38.5 Å². The van der Waals surface area contributed by atoms with E-state index in [1.807, 2.05) is 18.2 Å². The maximum Gasteiger partial charge on any atom is 0.416 e. The average Bonchev–Trinajstić information content (AvgIpc) is 3.10. The van der Waals surface area contributed by atoms with Gasteiger partial charge in [0.1, 0.15) is 17.4 Å². The first kappa shape index (κ1) is 16.8. The summed E-state index contributed by atoms with van der Waals surface area (Å²) in [6, 6.07) is 10.9. The quantitative estimate of drug-likeness (QED) is 0.665. The number of benzene rings is 2. The molecular formula is C19H17F3N2O2. The number of alkyl halides is 3. The molecule has 0 unspecified atom stereocenters. The number of rotatable bonds is 3. The minimum atomic E-state index is -4.30. The lowest BCUT2D eigenvalue weighted by Gasteiger charge is -2.33. The maximum absolute atomic E-state index is 12.7. The van der Waals surface area contributed by atoms with Gasteiger partial charge >= 0.3 is 6.18 Å². The van der Waals surface area contributed by atoms with Crippen molar-refractivity contribution in [3.05, 3.63) is 54.4 Å². The summed E-state index contributed by atoms with van der Waals surface area (Å²) in [6.07, 6.45) is -1.23. The van der Waals surface area contributed by atoms with Gasteiger partial charge in [-0.2, -0.15) is 13.2 Å². The Morgan fingerprint density at radius 2 is 1.77 bits per heavy atom. The number of anilines is 1. The standard InChI is InChI=1S/C19H17F3N2O2/c20-19(21,22)13-1-3-14(4-2-13)24-9-7-15(8-10-24)26-16-5-6-17-18(11-16)25-12-23-17/h1-6,11-12,15H,7-10H2. The third-order valence-electron chi connectivity index (χ3n) is 4.61. The predicted molar refractivity (Wildman–Crippen MR) is 91.3 cm³/mol. The van der Waals surface area contributed by atoms with Crippen molar-refractivity contribution in [3.8, 4) is 5.75 Å². The molecule has 2 aromatic carbocycles. The van der Waals surface area contributed by atoms with Crippen LogP contribution in [-0.4, -0.2) is 24.2 Å². The van der Waals surface area contributed by atoms with Gasteiger partial charge < -0.3 is 14.1 Å². The normalized spacial score (nSPS) is 16.2. The van der Waals surface area contributed by atoms with Crippen molar-refractivity contribution in [3.63, 3.8) is 0 Å². The first-order valence-electron chi connectivity index (χ1n) is 8.41. The van der Waals surface area contributed by atoms with E-state index >= 15 is 0 Å². The Morgan fingerprint density at radius 3 is 2.46 bits per heavy atom. The third kappa shape index (κ3) is 3.47. The number of nitrogens with zero attached hydrogens (tertiary/aromatic N) is 2. The molecular weight excluding hydrogens is 345 g/mol. The van der Waals surface area contributed by atoms with Crippen molar-refractivity contribution < 1.29 is 22.3 Å². The van der Waals surface area contributed by atoms with Gasteiger partial charge in [-0.05, 0) is 36.4 Å². The minimum absolute atomic E-state index is 0.0704. The number of oxazole rings is 1. The smallest absolute Gasteiger partial charge is 0.416 e. The number of halogens is 3. The molecule has 0 radical (unpaired) electrons. The lowest BCUT2D eigenvalue weighted by atomic mass is 10.1. The van der Waals surface area contributed by atoms with E-state index in [1.165, 1.54) is 18.5 Å². The molecule has 0 bridgehead atoms. The van der Waals surface area contributed by atoms with E-state index in [4.69, 9.17) is 9.15 Å². The zero-order valence-corrected chi connectivity index (χ0v) is 13.9. The fraction of sp³-hybridized carbons (Fsp3) is 0.316. The van der Waals surface area contributed by atoms with Crippen LogP contribution in [0.4, 0.5) is 18.9 Å². The van der Waals surface area contributed by atoms with Crippen LogP contribution in [0.15, 0.2) is 53.3 Å². The number of aromatic nitrogens is 1. The zero-order valence-electron chi connectivity index (χ0n) is 13.9. The Hall–Kier alpha value is -2.70. The van der Waals surface area contributed by atoms with Crippen LogP contribution in [0.25, 0.3) is 11.1 Å². The molecule has 0 N–H and O–H groups in total. The van der Waals surface area contributed by atoms with Crippen molar-refractivity contribution in [1.29, 1.82) is 0 Å². The van der Waals surface area contributed by atoms with Crippen LogP contribution in [0.5, 0.6) is 5.75 Å². The second kappa shape index (κ2) is 6.55. The van der Waals surface area contributed by atoms with Crippen LogP contribution in [-0.2, 0) is 6.18 Å². The monoisotopic (exact) mass is 362 g/mol. The van der Waals surface area contributed by atoms with Gasteiger partial charge in [-0.1, -0.05) is 0 Å². The molecule has 3 aromatic rings. The zero-order chi connectivity index (χ0) is 18.1. The molecule has 2 heterocycles. The number of fused-ring (bicyclic) bond motifs is 1. The van der Waals surface area contributed by atoms with Crippen LogP contribution >= 0.6 is 0 Å². The van der Waals surface area contributed by atoms with Gasteiger partial charge in [0.2, 0.25) is 0 Å². The molecule has 0 atom stereocenters. The lowest BCUT2D eigenvalue weighted by Crippen LogP contribution is -2.38. The van der Waals surface area contributed by atoms with Gasteiger partial charge in [0, 0.05) is 37.7 Å². The van der Waals surface area contributed by atoms with Crippen molar-refractivity contribution in [1.82, 2.24) is 4.98 Å². The summed E-state index contributed by atoms with van der Waals surface area (Å²) in [7, 11) is 0. The highest BCUT2D eigenvalue weighted by Crippen LogP contribution is 2.31. The Labute approximate surface area is 148 Å². The van der Waals surface area contributed by atoms with E-state index in [-0.39, 0.29) is 6.10 Å². The summed E-state index contributed by atoms with van der Waals surface area (Å²) < 4.78 is 49.3. The molecule has 1 fully saturated rings. The van der Waals surface area contributed by atoms with Crippen molar-refractivity contribution in [2.75, 3.05) is 18.0 Å². The summed E-state index contributed by atoms with van der Waals surface area (Å²) >= 11 is 0. The lowest BCUT2D eigenvalue weighted by molar-refractivity contribution is -0.137. The number of hydrogen-bond acceptors (Lipinski definition) is 4. The van der Waals surface area contributed by atoms with E-state index < -0.39 is 11.7 Å². The molecule has 0 saturated carbocycles. The second-order valence-electron chi connectivity index (χ2n) is 6.33. The van der Waals surface area contributed by atoms with Crippen LogP contribution < -0.4 is 9.64 Å². The number of piperidine rings is 1. The molecule has 0 aliphatic carbocycles. The second-order valence-corrected chi connectivity index (χ2v) is 6.33. The summed E-state index contributed by atoms with van der Waals surface area (Å²) in [4.78, 5) is 6.16. The van der Waals surface area contributed by atoms with Gasteiger partial charge in [0.15, 0.2) is 12.0 Å². The summed E-state index contributed by atoms with van der Waals surface area (Å²) in [5.41, 5.74) is 1.65.